The van der Waals surface area contributed by atoms with Gasteiger partial charge in [0.05, 0.1) is 16.3 Å². The monoisotopic (exact) mass is 386 g/mol. The molecule has 1 saturated heterocycles. The second kappa shape index (κ2) is 6.96. The van der Waals surface area contributed by atoms with Crippen LogP contribution in [0.4, 0.5) is 11.4 Å². The number of carbonyl (C=O) groups is 3. The maximum Gasteiger partial charge on any atom is 0.261 e. The number of carbonyl (C=O) groups excluding carboxylic acids is 3. The summed E-state index contributed by atoms with van der Waals surface area (Å²) in [6.07, 6.45) is 0.309. The van der Waals surface area contributed by atoms with Crippen LogP contribution in [0.2, 0.25) is 0 Å². The number of hydrogen-bond donors (Lipinski definition) is 1. The molecule has 3 rings (SSSR count). The fourth-order valence-electron chi connectivity index (χ4n) is 2.97. The van der Waals surface area contributed by atoms with Crippen LogP contribution in [0.25, 0.3) is 0 Å². The summed E-state index contributed by atoms with van der Waals surface area (Å²) >= 11 is 0. The van der Waals surface area contributed by atoms with Crippen LogP contribution in [0.3, 0.4) is 0 Å². The summed E-state index contributed by atoms with van der Waals surface area (Å²) in [6.45, 7) is 2.99. The molecule has 1 aliphatic rings. The maximum absolute atomic E-state index is 12.7. The van der Waals surface area contributed by atoms with Crippen LogP contribution in [0.1, 0.15) is 35.7 Å². The van der Waals surface area contributed by atoms with Gasteiger partial charge in [-0.25, -0.2) is 8.42 Å². The lowest BCUT2D eigenvalue weighted by atomic mass is 10.1. The van der Waals surface area contributed by atoms with E-state index in [4.69, 9.17) is 0 Å². The lowest BCUT2D eigenvalue weighted by Gasteiger charge is -2.18. The van der Waals surface area contributed by atoms with Gasteiger partial charge in [0.15, 0.2) is 5.78 Å². The zero-order valence-electron chi connectivity index (χ0n) is 14.9. The van der Waals surface area contributed by atoms with E-state index < -0.39 is 10.0 Å². The predicted molar refractivity (Wildman–Crippen MR) is 100 cm³/mol. The van der Waals surface area contributed by atoms with E-state index >= 15 is 0 Å². The fourth-order valence-corrected chi connectivity index (χ4v) is 4.14. The van der Waals surface area contributed by atoms with Crippen molar-refractivity contribution in [3.05, 3.63) is 53.6 Å². The van der Waals surface area contributed by atoms with Gasteiger partial charge in [-0.1, -0.05) is 12.1 Å². The first-order chi connectivity index (χ1) is 12.7. The Labute approximate surface area is 157 Å². The lowest BCUT2D eigenvalue weighted by Crippen LogP contribution is -2.29. The van der Waals surface area contributed by atoms with Crippen molar-refractivity contribution in [3.63, 3.8) is 0 Å². The Morgan fingerprint density at radius 1 is 1.04 bits per heavy atom. The molecule has 1 aliphatic heterocycles. The number of imide groups is 1. The Balaban J connectivity index is 1.95. The molecule has 0 spiro atoms. The van der Waals surface area contributed by atoms with Gasteiger partial charge in [0.25, 0.3) is 10.0 Å². The molecule has 1 N–H and O–H groups in total. The van der Waals surface area contributed by atoms with Crippen LogP contribution in [0, 0.1) is 6.92 Å². The molecule has 0 saturated carbocycles. The summed E-state index contributed by atoms with van der Waals surface area (Å²) in [5.74, 6) is -0.856. The summed E-state index contributed by atoms with van der Waals surface area (Å²) in [5.41, 5.74) is 1.33. The minimum absolute atomic E-state index is 0.0267. The SMILES string of the molecule is CC(=O)c1ccccc1NS(=O)(=O)c1ccc(N2C(=O)CCC2=O)c(C)c1. The quantitative estimate of drug-likeness (QED) is 0.629. The smallest absolute Gasteiger partial charge is 0.261 e. The second-order valence-electron chi connectivity index (χ2n) is 6.28. The van der Waals surface area contributed by atoms with Crippen LogP contribution in [0.15, 0.2) is 47.4 Å². The molecule has 7 nitrogen and oxygen atoms in total. The van der Waals surface area contributed by atoms with E-state index in [2.05, 4.69) is 4.72 Å². The molecule has 1 fully saturated rings. The molecule has 27 heavy (non-hydrogen) atoms. The first-order valence-electron chi connectivity index (χ1n) is 8.30. The number of benzene rings is 2. The van der Waals surface area contributed by atoms with Gasteiger partial charge in [0.1, 0.15) is 0 Å². The van der Waals surface area contributed by atoms with Crippen molar-refractivity contribution in [2.75, 3.05) is 9.62 Å². The number of Topliss-reactive ketones (excluding diaryl/α,β-unsaturated/α-hetero) is 1. The Bertz CT molecular complexity index is 1040. The molecule has 0 unspecified atom stereocenters. The lowest BCUT2D eigenvalue weighted by molar-refractivity contribution is -0.121. The number of sulfonamides is 1. The molecule has 0 bridgehead atoms. The third-order valence-corrected chi connectivity index (χ3v) is 5.68. The number of ketones is 1. The number of rotatable bonds is 5. The average Bonchev–Trinajstić information content (AvgIpc) is 2.93. The standard InChI is InChI=1S/C19H18N2O5S/c1-12-11-14(7-8-17(12)21-18(23)9-10-19(21)24)27(25,26)20-16-6-4-3-5-15(16)13(2)22/h3-8,11,20H,9-10H2,1-2H3. The molecule has 0 aliphatic carbocycles. The van der Waals surface area contributed by atoms with Gasteiger partial charge in [-0.05, 0) is 49.7 Å². The van der Waals surface area contributed by atoms with E-state index in [1.54, 1.807) is 25.1 Å². The maximum atomic E-state index is 12.7. The average molecular weight is 386 g/mol. The van der Waals surface area contributed by atoms with Crippen molar-refractivity contribution in [2.24, 2.45) is 0 Å². The Hall–Kier alpha value is -3.00. The van der Waals surface area contributed by atoms with Crippen LogP contribution < -0.4 is 9.62 Å². The molecule has 0 atom stereocenters. The van der Waals surface area contributed by atoms with Gasteiger partial charge in [-0.3, -0.25) is 24.0 Å². The van der Waals surface area contributed by atoms with Gasteiger partial charge >= 0.3 is 0 Å². The zero-order chi connectivity index (χ0) is 19.8. The summed E-state index contributed by atoms with van der Waals surface area (Å²) in [5, 5.41) is 0. The molecule has 140 valence electrons. The van der Waals surface area contributed by atoms with E-state index in [-0.39, 0.29) is 46.6 Å². The molecule has 0 aromatic heterocycles. The number of nitrogens with zero attached hydrogens (tertiary/aromatic N) is 1. The first kappa shape index (κ1) is 18.8. The second-order valence-corrected chi connectivity index (χ2v) is 7.96. The summed E-state index contributed by atoms with van der Waals surface area (Å²) in [4.78, 5) is 36.6. The summed E-state index contributed by atoms with van der Waals surface area (Å²) in [7, 11) is -3.95. The first-order valence-corrected chi connectivity index (χ1v) is 9.78. The van der Waals surface area contributed by atoms with Gasteiger partial charge in [0, 0.05) is 18.4 Å². The minimum Gasteiger partial charge on any atom is -0.294 e. The van der Waals surface area contributed by atoms with Crippen LogP contribution >= 0.6 is 0 Å². The van der Waals surface area contributed by atoms with Crippen LogP contribution in [0.5, 0.6) is 0 Å². The number of hydrogen-bond acceptors (Lipinski definition) is 5. The highest BCUT2D eigenvalue weighted by Crippen LogP contribution is 2.29. The van der Waals surface area contributed by atoms with E-state index in [0.717, 1.165) is 4.90 Å². The van der Waals surface area contributed by atoms with Crippen molar-refractivity contribution >= 4 is 39.0 Å². The topological polar surface area (TPSA) is 101 Å². The van der Waals surface area contributed by atoms with Crippen molar-refractivity contribution in [1.29, 1.82) is 0 Å². The van der Waals surface area contributed by atoms with Crippen molar-refractivity contribution in [1.82, 2.24) is 0 Å². The van der Waals surface area contributed by atoms with Gasteiger partial charge in [0.2, 0.25) is 11.8 Å². The minimum atomic E-state index is -3.95. The van der Waals surface area contributed by atoms with Crippen LogP contribution in [-0.4, -0.2) is 26.0 Å². The summed E-state index contributed by atoms with van der Waals surface area (Å²) in [6, 6.07) is 10.5. The molecule has 0 radical (unpaired) electrons. The highest BCUT2D eigenvalue weighted by molar-refractivity contribution is 7.92. The molecule has 2 aromatic carbocycles. The number of nitrogens with one attached hydrogen (secondary N) is 1. The normalized spacial score (nSPS) is 14.5. The van der Waals surface area contributed by atoms with E-state index in [1.807, 2.05) is 0 Å². The largest absolute Gasteiger partial charge is 0.294 e. The highest BCUT2D eigenvalue weighted by atomic mass is 32.2. The van der Waals surface area contributed by atoms with Gasteiger partial charge < -0.3 is 0 Å². The third-order valence-electron chi connectivity index (χ3n) is 4.32. The van der Waals surface area contributed by atoms with Crippen molar-refractivity contribution in [3.8, 4) is 0 Å². The number of aryl methyl sites for hydroxylation is 1. The Morgan fingerprint density at radius 3 is 2.26 bits per heavy atom. The molecule has 1 heterocycles. The Kier molecular flexibility index (Phi) is 4.84. The van der Waals surface area contributed by atoms with Crippen molar-refractivity contribution < 1.29 is 22.8 Å². The number of amides is 2. The number of anilines is 2. The zero-order valence-corrected chi connectivity index (χ0v) is 15.7. The molecule has 8 heteroatoms. The van der Waals surface area contributed by atoms with E-state index in [0.29, 0.717) is 11.3 Å². The summed E-state index contributed by atoms with van der Waals surface area (Å²) < 4.78 is 27.9. The van der Waals surface area contributed by atoms with Gasteiger partial charge in [-0.15, -0.1) is 0 Å². The van der Waals surface area contributed by atoms with Gasteiger partial charge in [-0.2, -0.15) is 0 Å². The molecule has 2 aromatic rings. The third kappa shape index (κ3) is 3.61. The van der Waals surface area contributed by atoms with E-state index in [1.165, 1.54) is 31.2 Å². The highest BCUT2D eigenvalue weighted by Gasteiger charge is 2.31. The van der Waals surface area contributed by atoms with Crippen LogP contribution in [-0.2, 0) is 19.6 Å². The number of para-hydroxylation sites is 1. The Morgan fingerprint density at radius 2 is 1.67 bits per heavy atom. The molecular weight excluding hydrogens is 368 g/mol. The molecular formula is C19H18N2O5S. The molecule has 2 amide bonds. The fraction of sp³-hybridized carbons (Fsp3) is 0.211. The predicted octanol–water partition coefficient (Wildman–Crippen LogP) is 2.65. The van der Waals surface area contributed by atoms with Crippen molar-refractivity contribution in [2.45, 2.75) is 31.6 Å². The van der Waals surface area contributed by atoms with E-state index in [9.17, 15) is 22.8 Å².